The van der Waals surface area contributed by atoms with Gasteiger partial charge >= 0.3 is 18.0 Å². The Morgan fingerprint density at radius 1 is 0.657 bits per heavy atom. The maximum atomic E-state index is 11.4. The molecule has 0 heterocycles. The molecular weight excluding hydrogens is 470 g/mol. The van der Waals surface area contributed by atoms with Crippen molar-refractivity contribution in [3.8, 4) is 0 Å². The predicted octanol–water partition coefficient (Wildman–Crippen LogP) is 0.571. The van der Waals surface area contributed by atoms with E-state index in [1.807, 2.05) is 0 Å². The number of amides is 1. The number of rotatable bonds is 22. The lowest BCUT2D eigenvalue weighted by Gasteiger charge is -2.19. The Hall–Kier alpha value is -2.32. The molecule has 0 aliphatic heterocycles. The van der Waals surface area contributed by atoms with E-state index in [0.29, 0.717) is 66.0 Å². The predicted molar refractivity (Wildman–Crippen MR) is 121 cm³/mol. The van der Waals surface area contributed by atoms with E-state index >= 15 is 0 Å². The fourth-order valence-corrected chi connectivity index (χ4v) is 2.13. The van der Waals surface area contributed by atoms with Gasteiger partial charge in [-0.15, -0.1) is 0 Å². The molecule has 0 bridgehead atoms. The van der Waals surface area contributed by atoms with Crippen molar-refractivity contribution in [3.05, 3.63) is 0 Å². The number of carboxylic acids is 1. The van der Waals surface area contributed by atoms with E-state index in [0.717, 1.165) is 0 Å². The Kier molecular flexibility index (Phi) is 19.6. The van der Waals surface area contributed by atoms with Gasteiger partial charge in [0, 0.05) is 13.0 Å². The molecule has 0 aliphatic carbocycles. The molecule has 0 aromatic carbocycles. The number of carboxylic acid groups (broad SMARTS) is 1. The fourth-order valence-electron chi connectivity index (χ4n) is 2.13. The molecule has 0 aromatic heterocycles. The maximum Gasteiger partial charge on any atom is 0.407 e. The van der Waals surface area contributed by atoms with Gasteiger partial charge in [0.1, 0.15) is 12.2 Å². The molecule has 0 aromatic rings. The van der Waals surface area contributed by atoms with Crippen molar-refractivity contribution in [1.82, 2.24) is 5.32 Å². The lowest BCUT2D eigenvalue weighted by Crippen LogP contribution is -2.34. The van der Waals surface area contributed by atoms with E-state index in [1.165, 1.54) is 0 Å². The smallest absolute Gasteiger partial charge is 0.407 e. The van der Waals surface area contributed by atoms with Crippen molar-refractivity contribution in [3.63, 3.8) is 0 Å². The first-order valence-electron chi connectivity index (χ1n) is 11.4. The SMILES string of the molecule is CC(C)(C)OC(=O)NCCOCCOCCOCCOCCOCCOC(=O)CCC(=O)C(=O)O. The van der Waals surface area contributed by atoms with Gasteiger partial charge in [-0.3, -0.25) is 9.59 Å². The van der Waals surface area contributed by atoms with Crippen molar-refractivity contribution in [1.29, 1.82) is 0 Å². The summed E-state index contributed by atoms with van der Waals surface area (Å²) in [7, 11) is 0. The van der Waals surface area contributed by atoms with Crippen molar-refractivity contribution < 1.29 is 57.4 Å². The lowest BCUT2D eigenvalue weighted by molar-refractivity contribution is -0.151. The first kappa shape index (κ1) is 32.7. The van der Waals surface area contributed by atoms with E-state index in [2.05, 4.69) is 5.32 Å². The lowest BCUT2D eigenvalue weighted by atomic mass is 10.2. The van der Waals surface area contributed by atoms with E-state index in [1.54, 1.807) is 20.8 Å². The summed E-state index contributed by atoms with van der Waals surface area (Å²) in [6, 6.07) is 0. The van der Waals surface area contributed by atoms with E-state index < -0.39 is 29.4 Å². The van der Waals surface area contributed by atoms with Crippen LogP contribution in [0.25, 0.3) is 0 Å². The molecule has 0 spiro atoms. The standard InChI is InChI=1S/C22H39NO12/c1-22(2,3)35-21(28)23-6-7-29-8-9-30-10-11-31-12-13-32-14-15-33-16-17-34-19(25)5-4-18(24)20(26)27/h4-17H2,1-3H3,(H,23,28)(H,26,27). The second kappa shape index (κ2) is 21.0. The van der Waals surface area contributed by atoms with Gasteiger partial charge < -0.3 is 43.6 Å². The van der Waals surface area contributed by atoms with Crippen molar-refractivity contribution in [2.45, 2.75) is 39.2 Å². The second-order valence-corrected chi connectivity index (χ2v) is 7.94. The van der Waals surface area contributed by atoms with Gasteiger partial charge in [-0.2, -0.15) is 0 Å². The third-order valence-electron chi connectivity index (χ3n) is 3.69. The Labute approximate surface area is 205 Å². The molecule has 0 atom stereocenters. The van der Waals surface area contributed by atoms with Gasteiger partial charge in [-0.1, -0.05) is 0 Å². The van der Waals surface area contributed by atoms with Gasteiger partial charge in [-0.05, 0) is 20.8 Å². The van der Waals surface area contributed by atoms with Crippen LogP contribution in [0.2, 0.25) is 0 Å². The highest BCUT2D eigenvalue weighted by Crippen LogP contribution is 2.06. The second-order valence-electron chi connectivity index (χ2n) is 7.94. The molecule has 204 valence electrons. The summed E-state index contributed by atoms with van der Waals surface area (Å²) in [5.74, 6) is -3.25. The first-order chi connectivity index (χ1) is 16.6. The fraction of sp³-hybridized carbons (Fsp3) is 0.818. The van der Waals surface area contributed by atoms with Crippen LogP contribution in [0.4, 0.5) is 4.79 Å². The topological polar surface area (TPSA) is 165 Å². The van der Waals surface area contributed by atoms with Gasteiger partial charge in [0.25, 0.3) is 0 Å². The Morgan fingerprint density at radius 2 is 1.09 bits per heavy atom. The normalized spacial score (nSPS) is 11.2. The number of carbonyl (C=O) groups is 4. The number of carbonyl (C=O) groups excluding carboxylic acids is 3. The van der Waals surface area contributed by atoms with Crippen molar-refractivity contribution >= 4 is 23.8 Å². The van der Waals surface area contributed by atoms with Crippen LogP contribution in [0.1, 0.15) is 33.6 Å². The summed E-state index contributed by atoms with van der Waals surface area (Å²) < 4.78 is 36.5. The molecular formula is C22H39NO12. The van der Waals surface area contributed by atoms with Crippen molar-refractivity contribution in [2.24, 2.45) is 0 Å². The molecule has 0 aliphatic rings. The molecule has 0 rings (SSSR count). The zero-order chi connectivity index (χ0) is 26.4. The minimum absolute atomic E-state index is 0.0111. The molecule has 0 unspecified atom stereocenters. The van der Waals surface area contributed by atoms with Gasteiger partial charge in [-0.25, -0.2) is 9.59 Å². The zero-order valence-electron chi connectivity index (χ0n) is 20.8. The molecule has 13 heteroatoms. The number of hydrogen-bond acceptors (Lipinski definition) is 11. The largest absolute Gasteiger partial charge is 0.476 e. The van der Waals surface area contributed by atoms with Crippen LogP contribution in [0, 0.1) is 0 Å². The number of Topliss-reactive ketones (excluding diaryl/α,β-unsaturated/α-hetero) is 1. The monoisotopic (exact) mass is 509 g/mol. The van der Waals surface area contributed by atoms with Crippen LogP contribution >= 0.6 is 0 Å². The van der Waals surface area contributed by atoms with Crippen LogP contribution in [-0.2, 0) is 47.5 Å². The van der Waals surface area contributed by atoms with Crippen LogP contribution in [0.3, 0.4) is 0 Å². The molecule has 2 N–H and O–H groups in total. The molecule has 0 saturated heterocycles. The molecule has 1 amide bonds. The summed E-state index contributed by atoms with van der Waals surface area (Å²) in [5, 5.41) is 11.0. The van der Waals surface area contributed by atoms with Crippen LogP contribution in [0.15, 0.2) is 0 Å². The third kappa shape index (κ3) is 24.6. The summed E-state index contributed by atoms with van der Waals surface area (Å²) in [6.07, 6.45) is -1.14. The number of esters is 1. The third-order valence-corrected chi connectivity index (χ3v) is 3.69. The molecule has 0 radical (unpaired) electrons. The Morgan fingerprint density at radius 3 is 1.51 bits per heavy atom. The summed E-state index contributed by atoms with van der Waals surface area (Å²) >= 11 is 0. The van der Waals surface area contributed by atoms with Crippen LogP contribution in [0.5, 0.6) is 0 Å². The molecule has 0 fully saturated rings. The summed E-state index contributed by atoms with van der Waals surface area (Å²) in [6.45, 7) is 9.41. The quantitative estimate of drug-likeness (QED) is 0.119. The number of ether oxygens (including phenoxy) is 7. The summed E-state index contributed by atoms with van der Waals surface area (Å²) in [4.78, 5) is 43.9. The maximum absolute atomic E-state index is 11.4. The molecule has 35 heavy (non-hydrogen) atoms. The number of alkyl carbamates (subject to hydrolysis) is 1. The highest BCUT2D eigenvalue weighted by Gasteiger charge is 2.15. The Bertz CT molecular complexity index is 606. The van der Waals surface area contributed by atoms with E-state index in [4.69, 9.17) is 38.3 Å². The molecule has 0 saturated carbocycles. The van der Waals surface area contributed by atoms with Crippen LogP contribution in [-0.4, -0.2) is 114 Å². The van der Waals surface area contributed by atoms with Gasteiger partial charge in [0.05, 0.1) is 72.5 Å². The minimum atomic E-state index is -1.57. The average Bonchev–Trinajstić information content (AvgIpc) is 2.77. The number of hydrogen-bond donors (Lipinski definition) is 2. The van der Waals surface area contributed by atoms with Crippen molar-refractivity contribution in [2.75, 3.05) is 79.2 Å². The average molecular weight is 510 g/mol. The van der Waals surface area contributed by atoms with E-state index in [9.17, 15) is 19.2 Å². The van der Waals surface area contributed by atoms with Gasteiger partial charge in [0.15, 0.2) is 0 Å². The minimum Gasteiger partial charge on any atom is -0.476 e. The number of ketones is 1. The zero-order valence-corrected chi connectivity index (χ0v) is 20.8. The Balaban J connectivity index is 3.25. The number of nitrogens with one attached hydrogen (secondary N) is 1. The summed E-state index contributed by atoms with van der Waals surface area (Å²) in [5.41, 5.74) is -0.527. The number of aliphatic carboxylic acids is 1. The first-order valence-corrected chi connectivity index (χ1v) is 11.4. The van der Waals surface area contributed by atoms with E-state index in [-0.39, 0.29) is 26.1 Å². The highest BCUT2D eigenvalue weighted by atomic mass is 16.6. The van der Waals surface area contributed by atoms with Gasteiger partial charge in [0.2, 0.25) is 5.78 Å². The van der Waals surface area contributed by atoms with Crippen LogP contribution < -0.4 is 5.32 Å². The molecule has 13 nitrogen and oxygen atoms in total. The highest BCUT2D eigenvalue weighted by molar-refractivity contribution is 6.32.